The molecule has 2 saturated heterocycles. The van der Waals surface area contributed by atoms with Gasteiger partial charge in [-0.3, -0.25) is 4.79 Å². The molecule has 3 rings (SSSR count). The predicted molar refractivity (Wildman–Crippen MR) is 113 cm³/mol. The van der Waals surface area contributed by atoms with Gasteiger partial charge in [0.25, 0.3) is 0 Å². The van der Waals surface area contributed by atoms with Crippen LogP contribution in [0.15, 0.2) is 29.2 Å². The normalized spacial score (nSPS) is 25.3. The first-order valence-electron chi connectivity index (χ1n) is 10.9. The van der Waals surface area contributed by atoms with Gasteiger partial charge in [-0.2, -0.15) is 0 Å². The quantitative estimate of drug-likeness (QED) is 0.511. The molecule has 0 unspecified atom stereocenters. The zero-order valence-electron chi connectivity index (χ0n) is 17.6. The fourth-order valence-electron chi connectivity index (χ4n) is 4.11. The molecule has 0 radical (unpaired) electrons. The van der Waals surface area contributed by atoms with Crippen LogP contribution in [0.5, 0.6) is 0 Å². The van der Waals surface area contributed by atoms with E-state index in [2.05, 4.69) is 14.9 Å². The van der Waals surface area contributed by atoms with Gasteiger partial charge in [0.05, 0.1) is 36.2 Å². The number of hydrogen-bond donors (Lipinski definition) is 3. The maximum absolute atomic E-state index is 13.1. The number of hydrogen-bond acceptors (Lipinski definition) is 6. The largest absolute Gasteiger partial charge is 0.394 e. The van der Waals surface area contributed by atoms with Crippen molar-refractivity contribution in [3.05, 3.63) is 30.1 Å². The van der Waals surface area contributed by atoms with E-state index in [1.165, 1.54) is 31.4 Å². The van der Waals surface area contributed by atoms with Gasteiger partial charge in [0, 0.05) is 13.1 Å². The van der Waals surface area contributed by atoms with Gasteiger partial charge in [0.2, 0.25) is 15.9 Å². The summed E-state index contributed by atoms with van der Waals surface area (Å²) in [6, 6.07) is 3.90. The number of amides is 1. The van der Waals surface area contributed by atoms with E-state index in [0.717, 1.165) is 31.8 Å². The van der Waals surface area contributed by atoms with Crippen LogP contribution in [-0.4, -0.2) is 75.4 Å². The first-order valence-corrected chi connectivity index (χ1v) is 12.4. The van der Waals surface area contributed by atoms with Crippen molar-refractivity contribution in [2.75, 3.05) is 32.8 Å². The molecule has 2 aliphatic rings. The number of piperidine rings is 1. The van der Waals surface area contributed by atoms with Gasteiger partial charge >= 0.3 is 0 Å². The lowest BCUT2D eigenvalue weighted by Crippen LogP contribution is -2.51. The molecule has 2 fully saturated rings. The average Bonchev–Trinajstić information content (AvgIpc) is 2.75. The van der Waals surface area contributed by atoms with Gasteiger partial charge in [0.1, 0.15) is 5.82 Å². The highest BCUT2D eigenvalue weighted by Crippen LogP contribution is 2.23. The monoisotopic (exact) mass is 457 g/mol. The zero-order valence-corrected chi connectivity index (χ0v) is 18.4. The van der Waals surface area contributed by atoms with E-state index in [0.29, 0.717) is 19.4 Å². The highest BCUT2D eigenvalue weighted by Gasteiger charge is 2.34. The van der Waals surface area contributed by atoms with Gasteiger partial charge in [-0.05, 0) is 63.0 Å². The zero-order chi connectivity index (χ0) is 22.3. The number of likely N-dealkylation sites (tertiary alicyclic amines) is 1. The van der Waals surface area contributed by atoms with Crippen molar-refractivity contribution in [1.82, 2.24) is 14.9 Å². The fourth-order valence-corrected chi connectivity index (χ4v) is 5.41. The van der Waals surface area contributed by atoms with Crippen LogP contribution < -0.4 is 10.0 Å². The van der Waals surface area contributed by atoms with E-state index in [-0.39, 0.29) is 29.9 Å². The van der Waals surface area contributed by atoms with E-state index in [1.807, 2.05) is 0 Å². The van der Waals surface area contributed by atoms with E-state index in [1.54, 1.807) is 0 Å². The molecule has 2 heterocycles. The number of carbonyl (C=O) groups is 1. The Balaban J connectivity index is 1.45. The highest BCUT2D eigenvalue weighted by molar-refractivity contribution is 7.89. The number of nitrogens with zero attached hydrogens (tertiary/aromatic N) is 1. The third kappa shape index (κ3) is 7.21. The minimum Gasteiger partial charge on any atom is -0.394 e. The van der Waals surface area contributed by atoms with Crippen molar-refractivity contribution in [3.8, 4) is 0 Å². The molecule has 1 aromatic rings. The minimum absolute atomic E-state index is 0.0548. The smallest absolute Gasteiger partial charge is 0.240 e. The molecule has 174 valence electrons. The van der Waals surface area contributed by atoms with Crippen molar-refractivity contribution < 1.29 is 27.4 Å². The van der Waals surface area contributed by atoms with Crippen LogP contribution in [0, 0.1) is 5.82 Å². The first-order chi connectivity index (χ1) is 14.9. The number of benzene rings is 1. The van der Waals surface area contributed by atoms with Gasteiger partial charge in [-0.25, -0.2) is 17.5 Å². The maximum Gasteiger partial charge on any atom is 0.240 e. The lowest BCUT2D eigenvalue weighted by atomic mass is 9.98. The summed E-state index contributed by atoms with van der Waals surface area (Å²) in [5.41, 5.74) is 0. The molecule has 2 aliphatic heterocycles. The van der Waals surface area contributed by atoms with Gasteiger partial charge in [-0.15, -0.1) is 0 Å². The van der Waals surface area contributed by atoms with Crippen LogP contribution in [0.3, 0.4) is 0 Å². The number of aliphatic hydroxyl groups is 1. The summed E-state index contributed by atoms with van der Waals surface area (Å²) < 4.78 is 46.5. The van der Waals surface area contributed by atoms with Crippen LogP contribution in [0.2, 0.25) is 0 Å². The Morgan fingerprint density at radius 3 is 2.55 bits per heavy atom. The van der Waals surface area contributed by atoms with Crippen LogP contribution in [0.1, 0.15) is 38.5 Å². The highest BCUT2D eigenvalue weighted by atomic mass is 32.2. The molecular weight excluding hydrogens is 425 g/mol. The molecule has 3 atom stereocenters. The summed E-state index contributed by atoms with van der Waals surface area (Å²) >= 11 is 0. The molecule has 0 spiro atoms. The van der Waals surface area contributed by atoms with Crippen LogP contribution >= 0.6 is 0 Å². The Labute approximate surface area is 183 Å². The number of halogens is 1. The molecule has 8 nitrogen and oxygen atoms in total. The topological polar surface area (TPSA) is 108 Å². The van der Waals surface area contributed by atoms with Crippen LogP contribution in [0.4, 0.5) is 4.39 Å². The Hall–Kier alpha value is -1.59. The summed E-state index contributed by atoms with van der Waals surface area (Å²) in [5.74, 6) is -0.630. The number of aliphatic hydroxyl groups excluding tert-OH is 1. The second-order valence-corrected chi connectivity index (χ2v) is 9.91. The van der Waals surface area contributed by atoms with Crippen molar-refractivity contribution in [1.29, 1.82) is 0 Å². The van der Waals surface area contributed by atoms with E-state index in [9.17, 15) is 22.7 Å². The molecule has 1 amide bonds. The van der Waals surface area contributed by atoms with Gasteiger partial charge in [-0.1, -0.05) is 6.42 Å². The second kappa shape index (κ2) is 11.3. The number of ether oxygens (including phenoxy) is 1. The molecule has 10 heteroatoms. The number of nitrogens with one attached hydrogen (secondary N) is 2. The number of sulfonamides is 1. The summed E-state index contributed by atoms with van der Waals surface area (Å²) in [6.07, 6.45) is 3.65. The summed E-state index contributed by atoms with van der Waals surface area (Å²) in [4.78, 5) is 14.5. The lowest BCUT2D eigenvalue weighted by molar-refractivity contribution is -0.130. The van der Waals surface area contributed by atoms with Gasteiger partial charge in [0.15, 0.2) is 0 Å². The Morgan fingerprint density at radius 2 is 1.87 bits per heavy atom. The van der Waals surface area contributed by atoms with Crippen LogP contribution in [-0.2, 0) is 19.6 Å². The molecular formula is C21H32FN3O5S. The molecule has 0 aromatic heterocycles. The summed E-state index contributed by atoms with van der Waals surface area (Å²) in [6.45, 7) is 3.21. The SMILES string of the molecule is O=C(C[C@@H]1CC[C@@H](NS(=O)(=O)c2ccc(F)cc2)[C@H](CO)O1)NCCN1CCCCC1. The molecule has 0 saturated carbocycles. The van der Waals surface area contributed by atoms with Crippen molar-refractivity contribution in [3.63, 3.8) is 0 Å². The molecule has 31 heavy (non-hydrogen) atoms. The fraction of sp³-hybridized carbons (Fsp3) is 0.667. The Morgan fingerprint density at radius 1 is 1.16 bits per heavy atom. The third-order valence-electron chi connectivity index (χ3n) is 5.84. The van der Waals surface area contributed by atoms with Crippen molar-refractivity contribution in [2.24, 2.45) is 0 Å². The average molecular weight is 458 g/mol. The Kier molecular flexibility index (Phi) is 8.79. The van der Waals surface area contributed by atoms with E-state index < -0.39 is 28.0 Å². The predicted octanol–water partition coefficient (Wildman–Crippen LogP) is 1.00. The molecule has 0 bridgehead atoms. The van der Waals surface area contributed by atoms with Crippen molar-refractivity contribution in [2.45, 2.75) is 61.7 Å². The molecule has 1 aromatic carbocycles. The van der Waals surface area contributed by atoms with E-state index >= 15 is 0 Å². The van der Waals surface area contributed by atoms with Gasteiger partial charge < -0.3 is 20.1 Å². The molecule has 0 aliphatic carbocycles. The summed E-state index contributed by atoms with van der Waals surface area (Å²) in [5, 5.41) is 12.6. The van der Waals surface area contributed by atoms with Crippen LogP contribution in [0.25, 0.3) is 0 Å². The lowest BCUT2D eigenvalue weighted by Gasteiger charge is -2.35. The minimum atomic E-state index is -3.87. The number of rotatable bonds is 9. The first kappa shape index (κ1) is 24.1. The second-order valence-electron chi connectivity index (χ2n) is 8.19. The standard InChI is InChI=1S/C21H32FN3O5S/c22-16-4-7-18(8-5-16)31(28,29)24-19-9-6-17(30-20(19)15-26)14-21(27)23-10-13-25-11-2-1-3-12-25/h4-5,7-8,17,19-20,24,26H,1-3,6,9-15H2,(H,23,27)/t17-,19+,20-/m0/s1. The Bertz CT molecular complexity index is 815. The summed E-state index contributed by atoms with van der Waals surface area (Å²) in [7, 11) is -3.87. The molecule has 3 N–H and O–H groups in total. The third-order valence-corrected chi connectivity index (χ3v) is 7.34. The maximum atomic E-state index is 13.1. The van der Waals surface area contributed by atoms with E-state index in [4.69, 9.17) is 4.74 Å². The van der Waals surface area contributed by atoms with Crippen molar-refractivity contribution >= 4 is 15.9 Å². The number of carbonyl (C=O) groups excluding carboxylic acids is 1.